The fourth-order valence-corrected chi connectivity index (χ4v) is 4.13. The van der Waals surface area contributed by atoms with Gasteiger partial charge in [0.1, 0.15) is 5.52 Å². The zero-order chi connectivity index (χ0) is 17.1. The average molecular weight is 345 g/mol. The van der Waals surface area contributed by atoms with E-state index in [2.05, 4.69) is 10.3 Å². The first-order chi connectivity index (χ1) is 11.3. The Bertz CT molecular complexity index is 939. The van der Waals surface area contributed by atoms with Gasteiger partial charge >= 0.3 is 6.03 Å². The number of nitrogens with one attached hydrogen (secondary N) is 1. The fourth-order valence-electron chi connectivity index (χ4n) is 3.06. The minimum absolute atomic E-state index is 0.0786. The summed E-state index contributed by atoms with van der Waals surface area (Å²) in [6.07, 6.45) is 1.73. The van der Waals surface area contributed by atoms with Gasteiger partial charge in [-0.25, -0.2) is 14.8 Å². The van der Waals surface area contributed by atoms with Crippen LogP contribution in [-0.2, 0) is 6.54 Å². The predicted octanol–water partition coefficient (Wildman–Crippen LogP) is 2.34. The number of carbonyl (C=O) groups excluding carboxylic acids is 1. The second-order valence-corrected chi connectivity index (χ2v) is 7.88. The molecule has 0 radical (unpaired) electrons. The summed E-state index contributed by atoms with van der Waals surface area (Å²) in [7, 11) is 0. The molecule has 1 aliphatic rings. The van der Waals surface area contributed by atoms with Crippen LogP contribution in [0.1, 0.15) is 20.8 Å². The van der Waals surface area contributed by atoms with E-state index in [1.54, 1.807) is 25.1 Å². The van der Waals surface area contributed by atoms with Crippen molar-refractivity contribution in [3.63, 3.8) is 0 Å². The van der Waals surface area contributed by atoms with E-state index in [1.165, 1.54) is 11.3 Å². The van der Waals surface area contributed by atoms with Crippen LogP contribution in [-0.4, -0.2) is 43.9 Å². The number of aliphatic hydroxyl groups is 1. The van der Waals surface area contributed by atoms with Crippen molar-refractivity contribution in [1.82, 2.24) is 19.9 Å². The van der Waals surface area contributed by atoms with Crippen LogP contribution in [0.4, 0.5) is 9.93 Å². The molecule has 3 aromatic rings. The van der Waals surface area contributed by atoms with Gasteiger partial charge in [0.05, 0.1) is 40.2 Å². The van der Waals surface area contributed by atoms with Gasteiger partial charge in [0, 0.05) is 6.54 Å². The van der Waals surface area contributed by atoms with Crippen LogP contribution in [0.3, 0.4) is 0 Å². The molecule has 2 amide bonds. The summed E-state index contributed by atoms with van der Waals surface area (Å²) in [6.45, 7) is 6.58. The van der Waals surface area contributed by atoms with E-state index < -0.39 is 5.60 Å². The monoisotopic (exact) mass is 345 g/mol. The quantitative estimate of drug-likeness (QED) is 0.763. The Morgan fingerprint density at radius 3 is 2.92 bits per heavy atom. The van der Waals surface area contributed by atoms with Gasteiger partial charge in [0.25, 0.3) is 0 Å². The number of nitrogens with zero attached hydrogens (tertiary/aromatic N) is 4. The summed E-state index contributed by atoms with van der Waals surface area (Å²) < 4.78 is 2.93. The predicted molar refractivity (Wildman–Crippen MR) is 94.5 cm³/mol. The van der Waals surface area contributed by atoms with E-state index in [4.69, 9.17) is 4.98 Å². The Morgan fingerprint density at radius 1 is 1.46 bits per heavy atom. The molecule has 2 aromatic heterocycles. The van der Waals surface area contributed by atoms with E-state index >= 15 is 0 Å². The normalized spacial score (nSPS) is 18.8. The van der Waals surface area contributed by atoms with Crippen LogP contribution >= 0.6 is 11.3 Å². The lowest BCUT2D eigenvalue weighted by Crippen LogP contribution is -2.32. The number of imidazole rings is 1. The third-order valence-electron chi connectivity index (χ3n) is 4.10. The van der Waals surface area contributed by atoms with Crippen molar-refractivity contribution in [3.8, 4) is 0 Å². The van der Waals surface area contributed by atoms with E-state index in [0.29, 0.717) is 18.2 Å². The van der Waals surface area contributed by atoms with E-state index in [-0.39, 0.29) is 12.1 Å². The highest BCUT2D eigenvalue weighted by Crippen LogP contribution is 2.35. The zero-order valence-corrected chi connectivity index (χ0v) is 14.6. The minimum atomic E-state index is -0.849. The molecular formula is C16H19N5O2S. The molecule has 4 rings (SSSR count). The number of anilines is 1. The summed E-state index contributed by atoms with van der Waals surface area (Å²) in [5.74, 6) is 0. The maximum absolute atomic E-state index is 12.1. The Morgan fingerprint density at radius 2 is 2.25 bits per heavy atom. The molecule has 1 atom stereocenters. The van der Waals surface area contributed by atoms with Crippen molar-refractivity contribution in [2.24, 2.45) is 0 Å². The van der Waals surface area contributed by atoms with Crippen molar-refractivity contribution in [3.05, 3.63) is 18.5 Å². The standard InChI is InChI=1S/C16H19N5O2S/c1-9-6-17-14(22)21(9)15-19-12-11(24-15)5-4-10-13(12)20(8-18-10)7-16(2,3)23/h4-5,8-9,23H,6-7H2,1-3H3,(H,17,22). The van der Waals surface area contributed by atoms with Gasteiger partial charge in [-0.3, -0.25) is 4.90 Å². The van der Waals surface area contributed by atoms with Gasteiger partial charge < -0.3 is 15.0 Å². The number of thiazole rings is 1. The van der Waals surface area contributed by atoms with Crippen molar-refractivity contribution < 1.29 is 9.90 Å². The lowest BCUT2D eigenvalue weighted by molar-refractivity contribution is 0.0627. The number of hydrogen-bond donors (Lipinski definition) is 2. The second-order valence-electron chi connectivity index (χ2n) is 6.87. The molecule has 1 saturated heterocycles. The lowest BCUT2D eigenvalue weighted by atomic mass is 10.1. The van der Waals surface area contributed by atoms with Gasteiger partial charge in [-0.05, 0) is 32.9 Å². The van der Waals surface area contributed by atoms with Crippen LogP contribution in [0.5, 0.6) is 0 Å². The SMILES string of the molecule is CC1CNC(=O)N1c1nc2c(ccc3ncn(CC(C)(C)O)c32)s1. The molecule has 1 unspecified atom stereocenters. The molecule has 0 spiro atoms. The van der Waals surface area contributed by atoms with Crippen molar-refractivity contribution in [1.29, 1.82) is 0 Å². The number of benzene rings is 1. The highest BCUT2D eigenvalue weighted by Gasteiger charge is 2.31. The Labute approximate surface area is 142 Å². The molecule has 1 aromatic carbocycles. The summed E-state index contributed by atoms with van der Waals surface area (Å²) in [5.41, 5.74) is 1.70. The largest absolute Gasteiger partial charge is 0.389 e. The molecule has 0 bridgehead atoms. The van der Waals surface area contributed by atoms with E-state index in [1.807, 2.05) is 23.6 Å². The van der Waals surface area contributed by atoms with E-state index in [0.717, 1.165) is 21.3 Å². The number of fused-ring (bicyclic) bond motifs is 3. The van der Waals surface area contributed by atoms with Crippen LogP contribution in [0.25, 0.3) is 21.3 Å². The van der Waals surface area contributed by atoms with Gasteiger partial charge in [-0.2, -0.15) is 0 Å². The molecule has 8 heteroatoms. The highest BCUT2D eigenvalue weighted by atomic mass is 32.1. The maximum Gasteiger partial charge on any atom is 0.324 e. The Kier molecular flexibility index (Phi) is 3.29. The smallest absolute Gasteiger partial charge is 0.324 e. The summed E-state index contributed by atoms with van der Waals surface area (Å²) >= 11 is 1.50. The number of carbonyl (C=O) groups is 1. The first kappa shape index (κ1) is 15.3. The van der Waals surface area contributed by atoms with Gasteiger partial charge in [-0.1, -0.05) is 11.3 Å². The first-order valence-electron chi connectivity index (χ1n) is 7.87. The second kappa shape index (κ2) is 5.15. The number of hydrogen-bond acceptors (Lipinski definition) is 5. The van der Waals surface area contributed by atoms with Crippen LogP contribution < -0.4 is 10.2 Å². The molecule has 24 heavy (non-hydrogen) atoms. The van der Waals surface area contributed by atoms with Crippen molar-refractivity contribution in [2.75, 3.05) is 11.4 Å². The molecule has 2 N–H and O–H groups in total. The summed E-state index contributed by atoms with van der Waals surface area (Å²) in [5, 5.41) is 13.7. The fraction of sp³-hybridized carbons (Fsp3) is 0.438. The van der Waals surface area contributed by atoms with Crippen molar-refractivity contribution >= 4 is 43.7 Å². The van der Waals surface area contributed by atoms with Crippen LogP contribution in [0.2, 0.25) is 0 Å². The molecule has 3 heterocycles. The third kappa shape index (κ3) is 2.42. The first-order valence-corrected chi connectivity index (χ1v) is 8.69. The van der Waals surface area contributed by atoms with Gasteiger partial charge in [0.15, 0.2) is 5.13 Å². The summed E-state index contributed by atoms with van der Waals surface area (Å²) in [4.78, 5) is 22.9. The van der Waals surface area contributed by atoms with Gasteiger partial charge in [0.2, 0.25) is 0 Å². The molecule has 0 aliphatic carbocycles. The molecule has 0 saturated carbocycles. The molecular weight excluding hydrogens is 326 g/mol. The molecule has 1 fully saturated rings. The number of rotatable bonds is 3. The highest BCUT2D eigenvalue weighted by molar-refractivity contribution is 7.22. The number of urea groups is 1. The zero-order valence-electron chi connectivity index (χ0n) is 13.8. The molecule has 1 aliphatic heterocycles. The average Bonchev–Trinajstić information content (AvgIpc) is 3.14. The lowest BCUT2D eigenvalue weighted by Gasteiger charge is -2.18. The number of aromatic nitrogens is 3. The van der Waals surface area contributed by atoms with E-state index in [9.17, 15) is 9.90 Å². The Hall–Kier alpha value is -2.19. The van der Waals surface area contributed by atoms with Crippen LogP contribution in [0.15, 0.2) is 18.5 Å². The van der Waals surface area contributed by atoms with Gasteiger partial charge in [-0.15, -0.1) is 0 Å². The van der Waals surface area contributed by atoms with Crippen molar-refractivity contribution in [2.45, 2.75) is 39.0 Å². The molecule has 7 nitrogen and oxygen atoms in total. The van der Waals surface area contributed by atoms with Crippen LogP contribution in [0, 0.1) is 0 Å². The topological polar surface area (TPSA) is 83.3 Å². The maximum atomic E-state index is 12.1. The number of amides is 2. The third-order valence-corrected chi connectivity index (χ3v) is 5.12. The molecule has 126 valence electrons. The minimum Gasteiger partial charge on any atom is -0.389 e. The Balaban J connectivity index is 1.88. The summed E-state index contributed by atoms with van der Waals surface area (Å²) in [6, 6.07) is 3.91.